The molecule has 0 saturated carbocycles. The molecule has 0 aromatic heterocycles. The third kappa shape index (κ3) is 3.39. The lowest BCUT2D eigenvalue weighted by Crippen LogP contribution is -2.49. The Morgan fingerprint density at radius 1 is 1.43 bits per heavy atom. The Balaban J connectivity index is 2.54. The first-order valence-electron chi connectivity index (χ1n) is 7.64. The van der Waals surface area contributed by atoms with Crippen molar-refractivity contribution >= 4 is 17.5 Å². The van der Waals surface area contributed by atoms with Gasteiger partial charge in [0.2, 0.25) is 5.91 Å². The maximum absolute atomic E-state index is 12.6. The molecule has 1 aromatic carbocycles. The Labute approximate surface area is 135 Å². The fraction of sp³-hybridized carbons (Fsp3) is 0.500. The smallest absolute Gasteiger partial charge is 0.268 e. The number of carbonyl (C=O) groups excluding carboxylic acids is 2. The molecule has 1 aliphatic rings. The summed E-state index contributed by atoms with van der Waals surface area (Å²) >= 11 is 0. The van der Waals surface area contributed by atoms with Crippen molar-refractivity contribution in [1.82, 2.24) is 5.32 Å². The minimum absolute atomic E-state index is 0.108. The van der Waals surface area contributed by atoms with Gasteiger partial charge in [-0.3, -0.25) is 14.5 Å². The van der Waals surface area contributed by atoms with Gasteiger partial charge in [-0.25, -0.2) is 0 Å². The van der Waals surface area contributed by atoms with Gasteiger partial charge >= 0.3 is 0 Å². The number of amides is 2. The standard InChI is InChI=1S/C16H22N2O5/c1-4-12-16(21)18(8-14(20)17-3)11-6-10(9-19)7-13(22-5-2)15(11)23-12/h6-7,12,19H,4-5,8-9H2,1-3H3,(H,17,20). The molecule has 7 heteroatoms. The molecule has 0 bridgehead atoms. The van der Waals surface area contributed by atoms with Crippen molar-refractivity contribution in [2.45, 2.75) is 33.0 Å². The molecule has 1 unspecified atom stereocenters. The lowest BCUT2D eigenvalue weighted by molar-refractivity contribution is -0.128. The quantitative estimate of drug-likeness (QED) is 0.810. The van der Waals surface area contributed by atoms with Crippen molar-refractivity contribution < 1.29 is 24.2 Å². The molecule has 1 aromatic rings. The average Bonchev–Trinajstić information content (AvgIpc) is 2.57. The lowest BCUT2D eigenvalue weighted by Gasteiger charge is -2.34. The number of anilines is 1. The molecule has 1 aliphatic heterocycles. The van der Waals surface area contributed by atoms with Crippen molar-refractivity contribution in [3.05, 3.63) is 17.7 Å². The van der Waals surface area contributed by atoms with E-state index in [9.17, 15) is 14.7 Å². The Morgan fingerprint density at radius 2 is 2.17 bits per heavy atom. The summed E-state index contributed by atoms with van der Waals surface area (Å²) in [6, 6.07) is 3.33. The summed E-state index contributed by atoms with van der Waals surface area (Å²) in [6.45, 7) is 3.79. The van der Waals surface area contributed by atoms with Crippen molar-refractivity contribution in [2.75, 3.05) is 25.1 Å². The van der Waals surface area contributed by atoms with Crippen LogP contribution in [0.15, 0.2) is 12.1 Å². The molecule has 0 saturated heterocycles. The zero-order valence-electron chi connectivity index (χ0n) is 13.6. The number of benzene rings is 1. The summed E-state index contributed by atoms with van der Waals surface area (Å²) in [5.74, 6) is 0.330. The third-order valence-corrected chi connectivity index (χ3v) is 3.62. The van der Waals surface area contributed by atoms with E-state index in [1.165, 1.54) is 11.9 Å². The van der Waals surface area contributed by atoms with Gasteiger partial charge in [0, 0.05) is 7.05 Å². The van der Waals surface area contributed by atoms with Gasteiger partial charge in [0.1, 0.15) is 6.54 Å². The molecular formula is C16H22N2O5. The van der Waals surface area contributed by atoms with Crippen LogP contribution in [0.5, 0.6) is 11.5 Å². The minimum Gasteiger partial charge on any atom is -0.490 e. The topological polar surface area (TPSA) is 88.1 Å². The van der Waals surface area contributed by atoms with Crippen LogP contribution in [-0.2, 0) is 16.2 Å². The largest absolute Gasteiger partial charge is 0.490 e. The number of likely N-dealkylation sites (N-methyl/N-ethyl adjacent to an activating group) is 1. The van der Waals surface area contributed by atoms with Gasteiger partial charge < -0.3 is 19.9 Å². The van der Waals surface area contributed by atoms with Crippen molar-refractivity contribution in [3.8, 4) is 11.5 Å². The van der Waals surface area contributed by atoms with Crippen LogP contribution < -0.4 is 19.7 Å². The van der Waals surface area contributed by atoms with E-state index in [1.54, 1.807) is 12.1 Å². The van der Waals surface area contributed by atoms with E-state index in [1.807, 2.05) is 13.8 Å². The van der Waals surface area contributed by atoms with Crippen LogP contribution >= 0.6 is 0 Å². The number of aliphatic hydroxyl groups excluding tert-OH is 1. The molecule has 0 radical (unpaired) electrons. The molecule has 1 heterocycles. The van der Waals surface area contributed by atoms with E-state index in [2.05, 4.69) is 5.32 Å². The highest BCUT2D eigenvalue weighted by Gasteiger charge is 2.36. The summed E-state index contributed by atoms with van der Waals surface area (Å²) in [7, 11) is 1.52. The number of fused-ring (bicyclic) bond motifs is 1. The van der Waals surface area contributed by atoms with E-state index in [0.29, 0.717) is 35.8 Å². The molecule has 1 atom stereocenters. The predicted octanol–water partition coefficient (Wildman–Crippen LogP) is 0.828. The molecule has 2 rings (SSSR count). The van der Waals surface area contributed by atoms with Crippen molar-refractivity contribution in [2.24, 2.45) is 0 Å². The van der Waals surface area contributed by atoms with Crippen molar-refractivity contribution in [3.63, 3.8) is 0 Å². The van der Waals surface area contributed by atoms with Crippen LogP contribution in [0.25, 0.3) is 0 Å². The number of carbonyl (C=O) groups is 2. The minimum atomic E-state index is -0.661. The number of rotatable bonds is 6. The second-order valence-corrected chi connectivity index (χ2v) is 5.15. The number of nitrogens with zero attached hydrogens (tertiary/aromatic N) is 1. The molecule has 2 N–H and O–H groups in total. The number of hydrogen-bond donors (Lipinski definition) is 2. The number of nitrogens with one attached hydrogen (secondary N) is 1. The van der Waals surface area contributed by atoms with E-state index < -0.39 is 6.10 Å². The van der Waals surface area contributed by atoms with E-state index in [4.69, 9.17) is 9.47 Å². The van der Waals surface area contributed by atoms with Gasteiger partial charge in [0.05, 0.1) is 18.9 Å². The summed E-state index contributed by atoms with van der Waals surface area (Å²) < 4.78 is 11.4. The molecular weight excluding hydrogens is 300 g/mol. The fourth-order valence-corrected chi connectivity index (χ4v) is 2.44. The maximum Gasteiger partial charge on any atom is 0.268 e. The average molecular weight is 322 g/mol. The van der Waals surface area contributed by atoms with Crippen LogP contribution in [0.4, 0.5) is 5.69 Å². The highest BCUT2D eigenvalue weighted by atomic mass is 16.5. The maximum atomic E-state index is 12.6. The molecule has 23 heavy (non-hydrogen) atoms. The SMILES string of the molecule is CCOc1cc(CO)cc2c1OC(CC)C(=O)N2CC(=O)NC. The fourth-order valence-electron chi connectivity index (χ4n) is 2.44. The van der Waals surface area contributed by atoms with E-state index in [0.717, 1.165) is 0 Å². The van der Waals surface area contributed by atoms with Gasteiger partial charge in [-0.1, -0.05) is 6.92 Å². The van der Waals surface area contributed by atoms with Crippen molar-refractivity contribution in [1.29, 1.82) is 0 Å². The first kappa shape index (κ1) is 17.1. The van der Waals surface area contributed by atoms with E-state index >= 15 is 0 Å². The first-order valence-corrected chi connectivity index (χ1v) is 7.64. The third-order valence-electron chi connectivity index (χ3n) is 3.62. The second-order valence-electron chi connectivity index (χ2n) is 5.15. The number of ether oxygens (including phenoxy) is 2. The summed E-state index contributed by atoms with van der Waals surface area (Å²) in [5, 5.41) is 11.9. The Bertz CT molecular complexity index is 602. The molecule has 2 amide bonds. The van der Waals surface area contributed by atoms with Gasteiger partial charge in [-0.05, 0) is 31.0 Å². The number of hydrogen-bond acceptors (Lipinski definition) is 5. The number of aliphatic hydroxyl groups is 1. The Morgan fingerprint density at radius 3 is 2.74 bits per heavy atom. The van der Waals surface area contributed by atoms with Crippen LogP contribution in [0.1, 0.15) is 25.8 Å². The normalized spacial score (nSPS) is 16.6. The van der Waals surface area contributed by atoms with Crippen LogP contribution in [0.2, 0.25) is 0 Å². The lowest BCUT2D eigenvalue weighted by atomic mass is 10.1. The van der Waals surface area contributed by atoms with Gasteiger partial charge in [0.15, 0.2) is 17.6 Å². The molecule has 0 fully saturated rings. The second kappa shape index (κ2) is 7.32. The van der Waals surface area contributed by atoms with Gasteiger partial charge in [0.25, 0.3) is 5.91 Å². The van der Waals surface area contributed by atoms with E-state index in [-0.39, 0.29) is 25.0 Å². The summed E-state index contributed by atoms with van der Waals surface area (Å²) in [4.78, 5) is 25.7. The highest BCUT2D eigenvalue weighted by molar-refractivity contribution is 6.04. The van der Waals surface area contributed by atoms with Gasteiger partial charge in [-0.15, -0.1) is 0 Å². The predicted molar refractivity (Wildman–Crippen MR) is 84.7 cm³/mol. The molecule has 0 spiro atoms. The summed E-state index contributed by atoms with van der Waals surface area (Å²) in [5.41, 5.74) is 1.03. The molecule has 126 valence electrons. The summed E-state index contributed by atoms with van der Waals surface area (Å²) in [6.07, 6.45) is -0.179. The van der Waals surface area contributed by atoms with Crippen LogP contribution in [0, 0.1) is 0 Å². The van der Waals surface area contributed by atoms with Crippen LogP contribution in [0.3, 0.4) is 0 Å². The Hall–Kier alpha value is -2.28. The Kier molecular flexibility index (Phi) is 5.44. The van der Waals surface area contributed by atoms with Crippen LogP contribution in [-0.4, -0.2) is 43.2 Å². The zero-order valence-corrected chi connectivity index (χ0v) is 13.6. The first-order chi connectivity index (χ1) is 11.0. The zero-order chi connectivity index (χ0) is 17.0. The molecule has 7 nitrogen and oxygen atoms in total. The molecule has 0 aliphatic carbocycles. The highest BCUT2D eigenvalue weighted by Crippen LogP contribution is 2.43. The van der Waals surface area contributed by atoms with Gasteiger partial charge in [-0.2, -0.15) is 0 Å². The monoisotopic (exact) mass is 322 g/mol.